The molecule has 0 aliphatic carbocycles. The van der Waals surface area contributed by atoms with Crippen molar-refractivity contribution in [3.8, 4) is 0 Å². The van der Waals surface area contributed by atoms with Crippen LogP contribution in [0.3, 0.4) is 0 Å². The number of aliphatic carboxylic acids is 1. The molecule has 2 rings (SSSR count). The van der Waals surface area contributed by atoms with Crippen LogP contribution >= 0.6 is 0 Å². The molecule has 1 atom stereocenters. The molecule has 2 heterocycles. The fraction of sp³-hybridized carbons (Fsp3) is 0.818. The molecule has 0 aromatic heterocycles. The predicted octanol–water partition coefficient (Wildman–Crippen LogP) is 0.707. The van der Waals surface area contributed by atoms with E-state index in [1.807, 2.05) is 0 Å². The van der Waals surface area contributed by atoms with Crippen LogP contribution in [0.25, 0.3) is 0 Å². The number of hydrogen-bond donors (Lipinski definition) is 1. The van der Waals surface area contributed by atoms with E-state index in [4.69, 9.17) is 14.6 Å². The van der Waals surface area contributed by atoms with Gasteiger partial charge >= 0.3 is 12.1 Å². The van der Waals surface area contributed by atoms with Gasteiger partial charge in [0.1, 0.15) is 5.60 Å². The minimum atomic E-state index is -0.958. The monoisotopic (exact) mass is 243 g/mol. The van der Waals surface area contributed by atoms with Gasteiger partial charge in [0.2, 0.25) is 0 Å². The number of rotatable bonds is 1. The minimum absolute atomic E-state index is 0.386. The van der Waals surface area contributed by atoms with Crippen LogP contribution in [-0.4, -0.2) is 53.5 Å². The van der Waals surface area contributed by atoms with E-state index in [0.717, 1.165) is 0 Å². The zero-order valence-corrected chi connectivity index (χ0v) is 10.2. The van der Waals surface area contributed by atoms with E-state index < -0.39 is 17.7 Å². The summed E-state index contributed by atoms with van der Waals surface area (Å²) in [6, 6.07) is 0. The van der Waals surface area contributed by atoms with Crippen molar-refractivity contribution in [2.24, 2.45) is 5.41 Å². The summed E-state index contributed by atoms with van der Waals surface area (Å²) in [4.78, 5) is 24.0. The normalized spacial score (nSPS) is 26.1. The molecule has 2 saturated heterocycles. The maximum Gasteiger partial charge on any atom is 0.410 e. The van der Waals surface area contributed by atoms with Crippen molar-refractivity contribution in [2.45, 2.75) is 32.5 Å². The molecule has 1 spiro atoms. The summed E-state index contributed by atoms with van der Waals surface area (Å²) in [5.41, 5.74) is -0.912. The van der Waals surface area contributed by atoms with Crippen molar-refractivity contribution in [3.63, 3.8) is 0 Å². The molecule has 2 aliphatic heterocycles. The molecule has 2 aliphatic rings. The van der Waals surface area contributed by atoms with Crippen LogP contribution in [0.15, 0.2) is 0 Å². The summed E-state index contributed by atoms with van der Waals surface area (Å²) in [5, 5.41) is 8.89. The Labute approximate surface area is 99.5 Å². The number of ether oxygens (including phenoxy) is 2. The second-order valence-corrected chi connectivity index (χ2v) is 5.73. The Bertz CT molecular complexity index is 353. The Balaban J connectivity index is 1.87. The number of carbonyl (C=O) groups excluding carboxylic acids is 1. The van der Waals surface area contributed by atoms with Crippen molar-refractivity contribution < 1.29 is 24.2 Å². The minimum Gasteiger partial charge on any atom is -0.479 e. The maximum absolute atomic E-state index is 11.7. The highest BCUT2D eigenvalue weighted by molar-refractivity contribution is 5.77. The predicted molar refractivity (Wildman–Crippen MR) is 57.6 cm³/mol. The molecule has 0 saturated carbocycles. The summed E-state index contributed by atoms with van der Waals surface area (Å²) < 4.78 is 10.2. The topological polar surface area (TPSA) is 76.1 Å². The smallest absolute Gasteiger partial charge is 0.410 e. The summed E-state index contributed by atoms with van der Waals surface area (Å²) in [6.45, 7) is 6.61. The molecule has 0 radical (unpaired) electrons. The number of carbonyl (C=O) groups is 2. The average molecular weight is 243 g/mol. The van der Waals surface area contributed by atoms with Crippen LogP contribution in [0.5, 0.6) is 0 Å². The zero-order chi connectivity index (χ0) is 12.8. The number of likely N-dealkylation sites (tertiary alicyclic amines) is 1. The van der Waals surface area contributed by atoms with Crippen molar-refractivity contribution in [1.82, 2.24) is 4.90 Å². The number of carboxylic acid groups (broad SMARTS) is 1. The summed E-state index contributed by atoms with van der Waals surface area (Å²) >= 11 is 0. The highest BCUT2D eigenvalue weighted by Crippen LogP contribution is 2.43. The molecule has 1 N–H and O–H groups in total. The van der Waals surface area contributed by atoms with Crippen LogP contribution < -0.4 is 0 Å². The standard InChI is InChI=1S/C11H17NO5/c1-10(2,3)17-9(15)12-4-11(5-12)6-16-7(11)8(13)14/h7H,4-6H2,1-3H3,(H,13,14)/t7-/m1/s1. The Morgan fingerprint density at radius 1 is 1.41 bits per heavy atom. The second-order valence-electron chi connectivity index (χ2n) is 5.73. The zero-order valence-electron chi connectivity index (χ0n) is 10.2. The van der Waals surface area contributed by atoms with E-state index in [1.165, 1.54) is 4.90 Å². The van der Waals surface area contributed by atoms with Gasteiger partial charge in [-0.3, -0.25) is 0 Å². The van der Waals surface area contributed by atoms with Crippen LogP contribution in [0.2, 0.25) is 0 Å². The van der Waals surface area contributed by atoms with Gasteiger partial charge in [-0.15, -0.1) is 0 Å². The molecule has 0 aromatic rings. The van der Waals surface area contributed by atoms with Crippen LogP contribution in [0.1, 0.15) is 20.8 Å². The lowest BCUT2D eigenvalue weighted by atomic mass is 9.71. The quantitative estimate of drug-likeness (QED) is 0.734. The Morgan fingerprint density at radius 3 is 2.35 bits per heavy atom. The number of hydrogen-bond acceptors (Lipinski definition) is 4. The summed E-state index contributed by atoms with van der Waals surface area (Å²) in [6.07, 6.45) is -1.17. The fourth-order valence-electron chi connectivity index (χ4n) is 2.16. The van der Waals surface area contributed by atoms with E-state index in [2.05, 4.69) is 0 Å². The molecular weight excluding hydrogens is 226 g/mol. The first-order valence-corrected chi connectivity index (χ1v) is 5.56. The van der Waals surface area contributed by atoms with Gasteiger partial charge in [-0.2, -0.15) is 0 Å². The van der Waals surface area contributed by atoms with Gasteiger partial charge in [-0.05, 0) is 20.8 Å². The van der Waals surface area contributed by atoms with Crippen LogP contribution in [-0.2, 0) is 14.3 Å². The Hall–Kier alpha value is -1.30. The number of amides is 1. The van der Waals surface area contributed by atoms with Gasteiger partial charge in [0.05, 0.1) is 12.0 Å². The van der Waals surface area contributed by atoms with Crippen LogP contribution in [0, 0.1) is 5.41 Å². The maximum atomic E-state index is 11.7. The summed E-state index contributed by atoms with van der Waals surface area (Å²) in [5.74, 6) is -0.958. The molecule has 17 heavy (non-hydrogen) atoms. The SMILES string of the molecule is CC(C)(C)OC(=O)N1CC2(CO[C@@H]2C(=O)O)C1. The van der Waals surface area contributed by atoms with E-state index in [-0.39, 0.29) is 11.5 Å². The number of carboxylic acids is 1. The lowest BCUT2D eigenvalue weighted by molar-refractivity contribution is -0.244. The first kappa shape index (κ1) is 12.2. The third kappa shape index (κ3) is 2.09. The van der Waals surface area contributed by atoms with Crippen molar-refractivity contribution in [2.75, 3.05) is 19.7 Å². The molecule has 6 nitrogen and oxygen atoms in total. The van der Waals surface area contributed by atoms with Gasteiger partial charge in [0, 0.05) is 13.1 Å². The van der Waals surface area contributed by atoms with E-state index >= 15 is 0 Å². The largest absolute Gasteiger partial charge is 0.479 e. The Morgan fingerprint density at radius 2 is 2.00 bits per heavy atom. The van der Waals surface area contributed by atoms with Crippen molar-refractivity contribution in [3.05, 3.63) is 0 Å². The highest BCUT2D eigenvalue weighted by Gasteiger charge is 2.61. The molecule has 0 unspecified atom stereocenters. The molecule has 1 amide bonds. The highest BCUT2D eigenvalue weighted by atomic mass is 16.6. The van der Waals surface area contributed by atoms with Gasteiger partial charge < -0.3 is 19.5 Å². The third-order valence-electron chi connectivity index (χ3n) is 2.98. The van der Waals surface area contributed by atoms with E-state index in [1.54, 1.807) is 20.8 Å². The fourth-order valence-corrected chi connectivity index (χ4v) is 2.16. The van der Waals surface area contributed by atoms with Gasteiger partial charge in [0.25, 0.3) is 0 Å². The van der Waals surface area contributed by atoms with Gasteiger partial charge in [-0.25, -0.2) is 9.59 Å². The molecule has 2 fully saturated rings. The van der Waals surface area contributed by atoms with Crippen LogP contribution in [0.4, 0.5) is 4.79 Å². The van der Waals surface area contributed by atoms with Crippen molar-refractivity contribution in [1.29, 1.82) is 0 Å². The van der Waals surface area contributed by atoms with Crippen molar-refractivity contribution >= 4 is 12.1 Å². The second kappa shape index (κ2) is 3.60. The third-order valence-corrected chi connectivity index (χ3v) is 2.98. The molecule has 6 heteroatoms. The number of nitrogens with zero attached hydrogens (tertiary/aromatic N) is 1. The molecule has 96 valence electrons. The van der Waals surface area contributed by atoms with Gasteiger partial charge in [0.15, 0.2) is 6.10 Å². The average Bonchev–Trinajstić information content (AvgIpc) is 1.93. The van der Waals surface area contributed by atoms with E-state index in [9.17, 15) is 9.59 Å². The lowest BCUT2D eigenvalue weighted by Gasteiger charge is -2.57. The van der Waals surface area contributed by atoms with Gasteiger partial charge in [-0.1, -0.05) is 0 Å². The first-order chi connectivity index (χ1) is 7.73. The molecule has 0 aromatic carbocycles. The molecular formula is C11H17NO5. The summed E-state index contributed by atoms with van der Waals surface area (Å²) in [7, 11) is 0. The first-order valence-electron chi connectivity index (χ1n) is 5.56. The Kier molecular flexibility index (Phi) is 2.57. The lowest BCUT2D eigenvalue weighted by Crippen LogP contribution is -2.73. The van der Waals surface area contributed by atoms with E-state index in [0.29, 0.717) is 19.7 Å². The molecule has 0 bridgehead atoms.